The maximum absolute atomic E-state index is 12.0. The molecule has 1 aromatic heterocycles. The minimum absolute atomic E-state index is 0.181. The van der Waals surface area contributed by atoms with Crippen molar-refractivity contribution in [2.24, 2.45) is 0 Å². The van der Waals surface area contributed by atoms with Gasteiger partial charge in [0.15, 0.2) is 0 Å². The number of methoxy groups -OCH3 is 1. The minimum atomic E-state index is -0.181. The van der Waals surface area contributed by atoms with Crippen LogP contribution in [0.2, 0.25) is 0 Å². The van der Waals surface area contributed by atoms with Crippen LogP contribution in [0.5, 0.6) is 5.75 Å². The molecule has 0 aliphatic rings. The zero-order valence-corrected chi connectivity index (χ0v) is 12.0. The number of rotatable bonds is 3. The van der Waals surface area contributed by atoms with Crippen molar-refractivity contribution in [1.29, 1.82) is 0 Å². The molecule has 0 unspecified atom stereocenters. The highest BCUT2D eigenvalue weighted by molar-refractivity contribution is 9.10. The van der Waals surface area contributed by atoms with Crippen LogP contribution in [0, 0.1) is 0 Å². The maximum atomic E-state index is 12.0. The topological polar surface area (TPSA) is 64.3 Å². The predicted molar refractivity (Wildman–Crippen MR) is 77.4 cm³/mol. The van der Waals surface area contributed by atoms with Crippen molar-refractivity contribution in [2.45, 2.75) is 0 Å². The van der Waals surface area contributed by atoms with Crippen LogP contribution in [0.3, 0.4) is 0 Å². The van der Waals surface area contributed by atoms with Gasteiger partial charge in [-0.1, -0.05) is 0 Å². The standard InChI is InChI=1S/C12H11BrN2O2S/c1-17-10-6-7(14)2-3-9(10)15-12(16)11-8(13)4-5-18-11/h2-6H,14H2,1H3,(H,15,16). The Balaban J connectivity index is 2.24. The zero-order chi connectivity index (χ0) is 13.1. The summed E-state index contributed by atoms with van der Waals surface area (Å²) in [5, 5.41) is 4.64. The molecule has 2 aromatic rings. The molecule has 1 aromatic carbocycles. The van der Waals surface area contributed by atoms with E-state index in [-0.39, 0.29) is 5.91 Å². The number of nitrogen functional groups attached to an aromatic ring is 1. The second kappa shape index (κ2) is 5.41. The molecule has 18 heavy (non-hydrogen) atoms. The summed E-state index contributed by atoms with van der Waals surface area (Å²) in [7, 11) is 1.53. The zero-order valence-electron chi connectivity index (χ0n) is 9.57. The number of thiophene rings is 1. The Bertz CT molecular complexity index is 583. The molecule has 6 heteroatoms. The van der Waals surface area contributed by atoms with Gasteiger partial charge in [-0.05, 0) is 39.5 Å². The number of halogens is 1. The number of nitrogens with one attached hydrogen (secondary N) is 1. The van der Waals surface area contributed by atoms with E-state index in [1.54, 1.807) is 18.2 Å². The van der Waals surface area contributed by atoms with Crippen molar-refractivity contribution in [1.82, 2.24) is 0 Å². The summed E-state index contributed by atoms with van der Waals surface area (Å²) in [6, 6.07) is 6.92. The number of carbonyl (C=O) groups is 1. The fourth-order valence-corrected chi connectivity index (χ4v) is 2.89. The molecule has 1 amide bonds. The lowest BCUT2D eigenvalue weighted by molar-refractivity contribution is 0.102. The monoisotopic (exact) mass is 326 g/mol. The molecule has 4 nitrogen and oxygen atoms in total. The molecule has 0 aliphatic heterocycles. The smallest absolute Gasteiger partial charge is 0.266 e. The molecular weight excluding hydrogens is 316 g/mol. The van der Waals surface area contributed by atoms with E-state index in [4.69, 9.17) is 10.5 Å². The Morgan fingerprint density at radius 3 is 2.83 bits per heavy atom. The molecule has 3 N–H and O–H groups in total. The van der Waals surface area contributed by atoms with E-state index in [9.17, 15) is 4.79 Å². The summed E-state index contributed by atoms with van der Waals surface area (Å²) in [5.74, 6) is 0.357. The van der Waals surface area contributed by atoms with Gasteiger partial charge in [-0.15, -0.1) is 11.3 Å². The second-order valence-electron chi connectivity index (χ2n) is 3.51. The molecule has 94 valence electrons. The quantitative estimate of drug-likeness (QED) is 0.850. The Morgan fingerprint density at radius 1 is 1.44 bits per heavy atom. The minimum Gasteiger partial charge on any atom is -0.494 e. The van der Waals surface area contributed by atoms with Crippen LogP contribution in [0.4, 0.5) is 11.4 Å². The van der Waals surface area contributed by atoms with E-state index in [1.807, 2.05) is 11.4 Å². The van der Waals surface area contributed by atoms with Crippen LogP contribution >= 0.6 is 27.3 Å². The number of benzene rings is 1. The average Bonchev–Trinajstić information content (AvgIpc) is 2.77. The normalized spacial score (nSPS) is 10.1. The highest BCUT2D eigenvalue weighted by Gasteiger charge is 2.13. The average molecular weight is 327 g/mol. The molecule has 0 saturated carbocycles. The van der Waals surface area contributed by atoms with Crippen LogP contribution in [0.15, 0.2) is 34.1 Å². The van der Waals surface area contributed by atoms with Gasteiger partial charge >= 0.3 is 0 Å². The SMILES string of the molecule is COc1cc(N)ccc1NC(=O)c1sccc1Br. The van der Waals surface area contributed by atoms with E-state index in [0.717, 1.165) is 4.47 Å². The molecule has 0 atom stereocenters. The number of anilines is 2. The van der Waals surface area contributed by atoms with Crippen molar-refractivity contribution < 1.29 is 9.53 Å². The van der Waals surface area contributed by atoms with Crippen LogP contribution in [0.25, 0.3) is 0 Å². The molecule has 2 rings (SSSR count). The maximum Gasteiger partial charge on any atom is 0.266 e. The first-order chi connectivity index (χ1) is 8.61. The number of hydrogen-bond acceptors (Lipinski definition) is 4. The third-order valence-electron chi connectivity index (χ3n) is 2.30. The molecule has 0 radical (unpaired) electrons. The lowest BCUT2D eigenvalue weighted by Crippen LogP contribution is -2.11. The lowest BCUT2D eigenvalue weighted by Gasteiger charge is -2.10. The molecule has 0 saturated heterocycles. The van der Waals surface area contributed by atoms with Crippen LogP contribution in [-0.2, 0) is 0 Å². The van der Waals surface area contributed by atoms with E-state index < -0.39 is 0 Å². The molecule has 0 bridgehead atoms. The van der Waals surface area contributed by atoms with E-state index >= 15 is 0 Å². The van der Waals surface area contributed by atoms with Gasteiger partial charge in [0.05, 0.1) is 12.8 Å². The van der Waals surface area contributed by atoms with Crippen LogP contribution in [-0.4, -0.2) is 13.0 Å². The molecular formula is C12H11BrN2O2S. The van der Waals surface area contributed by atoms with Crippen molar-refractivity contribution in [3.05, 3.63) is 39.0 Å². The van der Waals surface area contributed by atoms with Gasteiger partial charge < -0.3 is 15.8 Å². The fourth-order valence-electron chi connectivity index (χ4n) is 1.45. The van der Waals surface area contributed by atoms with Crippen molar-refractivity contribution >= 4 is 44.5 Å². The first-order valence-corrected chi connectivity index (χ1v) is 6.77. The number of ether oxygens (including phenoxy) is 1. The number of hydrogen-bond donors (Lipinski definition) is 2. The van der Waals surface area contributed by atoms with Gasteiger partial charge in [0.1, 0.15) is 10.6 Å². The summed E-state index contributed by atoms with van der Waals surface area (Å²) in [6.45, 7) is 0. The molecule has 0 fully saturated rings. The number of amides is 1. The Morgan fingerprint density at radius 2 is 2.22 bits per heavy atom. The van der Waals surface area contributed by atoms with Gasteiger partial charge in [-0.3, -0.25) is 4.79 Å². The Hall–Kier alpha value is -1.53. The van der Waals surface area contributed by atoms with E-state index in [1.165, 1.54) is 18.4 Å². The summed E-state index contributed by atoms with van der Waals surface area (Å²) in [6.07, 6.45) is 0. The first kappa shape index (κ1) is 12.9. The number of nitrogens with two attached hydrogens (primary N) is 1. The Labute approximate surface area is 117 Å². The van der Waals surface area contributed by atoms with E-state index in [0.29, 0.717) is 22.0 Å². The second-order valence-corrected chi connectivity index (χ2v) is 5.28. The predicted octanol–water partition coefficient (Wildman–Crippen LogP) is 3.35. The van der Waals surface area contributed by atoms with Crippen LogP contribution in [0.1, 0.15) is 9.67 Å². The van der Waals surface area contributed by atoms with Crippen LogP contribution < -0.4 is 15.8 Å². The highest BCUT2D eigenvalue weighted by Crippen LogP contribution is 2.29. The lowest BCUT2D eigenvalue weighted by atomic mass is 10.2. The summed E-state index contributed by atoms with van der Waals surface area (Å²) >= 11 is 4.69. The van der Waals surface area contributed by atoms with Gasteiger partial charge in [-0.25, -0.2) is 0 Å². The van der Waals surface area contributed by atoms with Gasteiger partial charge in [0.25, 0.3) is 5.91 Å². The van der Waals surface area contributed by atoms with Gasteiger partial charge in [-0.2, -0.15) is 0 Å². The third-order valence-corrected chi connectivity index (χ3v) is 4.13. The Kier molecular flexibility index (Phi) is 3.88. The highest BCUT2D eigenvalue weighted by atomic mass is 79.9. The summed E-state index contributed by atoms with van der Waals surface area (Å²) in [5.41, 5.74) is 6.83. The summed E-state index contributed by atoms with van der Waals surface area (Å²) in [4.78, 5) is 12.7. The summed E-state index contributed by atoms with van der Waals surface area (Å²) < 4.78 is 5.95. The molecule has 0 spiro atoms. The molecule has 1 heterocycles. The van der Waals surface area contributed by atoms with Crippen molar-refractivity contribution in [2.75, 3.05) is 18.2 Å². The molecule has 0 aliphatic carbocycles. The van der Waals surface area contributed by atoms with Gasteiger partial charge in [0.2, 0.25) is 0 Å². The fraction of sp³-hybridized carbons (Fsp3) is 0.0833. The van der Waals surface area contributed by atoms with Gasteiger partial charge in [0, 0.05) is 16.2 Å². The van der Waals surface area contributed by atoms with E-state index in [2.05, 4.69) is 21.2 Å². The first-order valence-electron chi connectivity index (χ1n) is 5.09. The third kappa shape index (κ3) is 2.65. The number of carbonyl (C=O) groups excluding carboxylic acids is 1. The van der Waals surface area contributed by atoms with Crippen molar-refractivity contribution in [3.63, 3.8) is 0 Å². The van der Waals surface area contributed by atoms with Crippen molar-refractivity contribution in [3.8, 4) is 5.75 Å². The largest absolute Gasteiger partial charge is 0.494 e.